The molecule has 0 amide bonds. The Morgan fingerprint density at radius 2 is 0.690 bits per heavy atom. The Morgan fingerprint density at radius 3 is 0.914 bits per heavy atom. The summed E-state index contributed by atoms with van der Waals surface area (Å²) in [7, 11) is 0. The molecule has 0 N–H and O–H groups in total. The minimum Gasteiger partial charge on any atom is -0.493 e. The van der Waals surface area contributed by atoms with Crippen LogP contribution in [0.1, 0.15) is 234 Å². The van der Waals surface area contributed by atoms with Crippen molar-refractivity contribution in [2.24, 2.45) is 0 Å². The van der Waals surface area contributed by atoms with Gasteiger partial charge in [0, 0.05) is 22.3 Å². The zero-order chi connectivity index (χ0) is 42.4. The van der Waals surface area contributed by atoms with E-state index in [-0.39, 0.29) is 21.7 Å². The van der Waals surface area contributed by atoms with E-state index in [1.807, 2.05) is 0 Å². The van der Waals surface area contributed by atoms with Gasteiger partial charge in [0.25, 0.3) is 0 Å². The van der Waals surface area contributed by atoms with Crippen molar-refractivity contribution >= 4 is 0 Å². The zero-order valence-electron chi connectivity index (χ0n) is 40.1. The molecule has 2 heterocycles. The van der Waals surface area contributed by atoms with Gasteiger partial charge in [0.05, 0.1) is 38.6 Å². The summed E-state index contributed by atoms with van der Waals surface area (Å²) < 4.78 is 25.4. The monoisotopic (exact) mass is 803 g/mol. The largest absolute Gasteiger partial charge is 0.493 e. The second-order valence-corrected chi connectivity index (χ2v) is 21.1. The highest BCUT2D eigenvalue weighted by Gasteiger charge is 2.36. The molecule has 4 heteroatoms. The van der Waals surface area contributed by atoms with Gasteiger partial charge >= 0.3 is 0 Å². The Hall–Kier alpha value is -2.04. The van der Waals surface area contributed by atoms with E-state index in [0.29, 0.717) is 12.2 Å². The number of hydrogen-bond donors (Lipinski definition) is 0. The van der Waals surface area contributed by atoms with Crippen molar-refractivity contribution in [3.05, 3.63) is 46.5 Å². The molecule has 0 spiro atoms. The number of hydrogen-bond acceptors (Lipinski definition) is 4. The highest BCUT2D eigenvalue weighted by molar-refractivity contribution is 5.73. The lowest BCUT2D eigenvalue weighted by molar-refractivity contribution is 0.274. The van der Waals surface area contributed by atoms with Crippen LogP contribution in [-0.4, -0.2) is 38.6 Å². The lowest BCUT2D eigenvalue weighted by Crippen LogP contribution is -2.25. The second kappa shape index (κ2) is 22.7. The summed E-state index contributed by atoms with van der Waals surface area (Å²) in [4.78, 5) is 0. The Morgan fingerprint density at radius 1 is 0.431 bits per heavy atom. The molecule has 2 aromatic rings. The fourth-order valence-electron chi connectivity index (χ4n) is 9.16. The van der Waals surface area contributed by atoms with Crippen molar-refractivity contribution in [3.8, 4) is 22.6 Å². The average molecular weight is 803 g/mol. The van der Waals surface area contributed by atoms with E-state index >= 15 is 0 Å². The molecule has 0 aromatic heterocycles. The first kappa shape index (κ1) is 48.6. The first-order valence-corrected chi connectivity index (χ1v) is 24.5. The Bertz CT molecular complexity index is 1310. The maximum atomic E-state index is 7.10. The van der Waals surface area contributed by atoms with E-state index in [9.17, 15) is 0 Å². The van der Waals surface area contributed by atoms with Crippen LogP contribution >= 0.6 is 0 Å². The van der Waals surface area contributed by atoms with Gasteiger partial charge in [0.15, 0.2) is 0 Å². The quantitative estimate of drug-likeness (QED) is 0.0563. The molecule has 2 fully saturated rings. The highest BCUT2D eigenvalue weighted by atomic mass is 16.6. The van der Waals surface area contributed by atoms with Crippen LogP contribution in [0.15, 0.2) is 24.3 Å². The predicted octanol–water partition coefficient (Wildman–Crippen LogP) is 15.9. The van der Waals surface area contributed by atoms with Gasteiger partial charge in [-0.15, -0.1) is 0 Å². The minimum atomic E-state index is -0.0345. The smallest absolute Gasteiger partial charge is 0.126 e. The van der Waals surface area contributed by atoms with Gasteiger partial charge in [-0.25, -0.2) is 0 Å². The summed E-state index contributed by atoms with van der Waals surface area (Å²) in [5.74, 6) is 2.31. The summed E-state index contributed by atoms with van der Waals surface area (Å²) in [5.41, 5.74) is 8.08. The Balaban J connectivity index is 1.99. The SMILES string of the molecule is CCCCCC(C)(C)c1cc(-c2cc(C(C)(C)CCCCC)c(OCCCC3CO3)c(C(C)(C)CCCCC)c2)cc(C(C)(C)CCCCC)c1OCCCC1CO1. The van der Waals surface area contributed by atoms with Gasteiger partial charge in [0.2, 0.25) is 0 Å². The summed E-state index contributed by atoms with van der Waals surface area (Å²) in [6, 6.07) is 10.2. The third-order valence-corrected chi connectivity index (χ3v) is 13.7. The fraction of sp³-hybridized carbons (Fsp3) is 0.778. The molecular weight excluding hydrogens is 713 g/mol. The number of unbranched alkanes of at least 4 members (excludes halogenated alkanes) is 8. The first-order chi connectivity index (χ1) is 27.6. The van der Waals surface area contributed by atoms with Crippen molar-refractivity contribution in [1.82, 2.24) is 0 Å². The topological polar surface area (TPSA) is 43.5 Å². The molecule has 2 atom stereocenters. The third kappa shape index (κ3) is 14.6. The first-order valence-electron chi connectivity index (χ1n) is 24.5. The molecule has 0 saturated carbocycles. The molecule has 330 valence electrons. The van der Waals surface area contributed by atoms with Gasteiger partial charge in [-0.1, -0.05) is 160 Å². The molecule has 2 unspecified atom stereocenters. The van der Waals surface area contributed by atoms with E-state index < -0.39 is 0 Å². The molecule has 0 aliphatic carbocycles. The van der Waals surface area contributed by atoms with E-state index in [1.165, 1.54) is 110 Å². The van der Waals surface area contributed by atoms with E-state index in [1.54, 1.807) is 0 Å². The van der Waals surface area contributed by atoms with Crippen molar-refractivity contribution in [3.63, 3.8) is 0 Å². The molecule has 0 radical (unpaired) electrons. The van der Waals surface area contributed by atoms with Crippen LogP contribution in [0, 0.1) is 0 Å². The van der Waals surface area contributed by atoms with Gasteiger partial charge in [-0.3, -0.25) is 0 Å². The van der Waals surface area contributed by atoms with Crippen LogP contribution in [0.3, 0.4) is 0 Å². The Kier molecular flexibility index (Phi) is 19.0. The molecule has 2 aliphatic rings. The average Bonchev–Trinajstić information content (AvgIpc) is 4.12. The van der Waals surface area contributed by atoms with Crippen LogP contribution in [0.5, 0.6) is 11.5 Å². The summed E-state index contributed by atoms with van der Waals surface area (Å²) in [6.07, 6.45) is 24.6. The van der Waals surface area contributed by atoms with Crippen LogP contribution < -0.4 is 9.47 Å². The number of epoxide rings is 2. The van der Waals surface area contributed by atoms with E-state index in [2.05, 4.69) is 107 Å². The van der Waals surface area contributed by atoms with Crippen molar-refractivity contribution in [1.29, 1.82) is 0 Å². The van der Waals surface area contributed by atoms with E-state index in [0.717, 1.165) is 89.3 Å². The normalized spacial score (nSPS) is 17.2. The number of rotatable bonds is 31. The van der Waals surface area contributed by atoms with Gasteiger partial charge < -0.3 is 18.9 Å². The van der Waals surface area contributed by atoms with Crippen LogP contribution in [0.4, 0.5) is 0 Å². The lowest BCUT2D eigenvalue weighted by atomic mass is 9.71. The zero-order valence-corrected chi connectivity index (χ0v) is 40.1. The summed E-state index contributed by atoms with van der Waals surface area (Å²) in [5, 5.41) is 0. The molecule has 58 heavy (non-hydrogen) atoms. The molecule has 0 bridgehead atoms. The standard InChI is InChI=1S/C54H90O4/c1-13-17-21-29-51(5,6)45-35-41(36-46(52(7,8)30-22-18-14-2)49(45)55-33-25-27-43-39-57-43)42-37-47(53(9,10)31-23-19-15-3)50(56-34-26-28-44-40-58-44)48(38-42)54(11,12)32-24-20-16-4/h35-38,43-44H,13-34,39-40H2,1-12H3. The van der Waals surface area contributed by atoms with Crippen LogP contribution in [0.2, 0.25) is 0 Å². The van der Waals surface area contributed by atoms with Gasteiger partial charge in [0.1, 0.15) is 11.5 Å². The number of benzene rings is 2. The maximum absolute atomic E-state index is 7.10. The lowest BCUT2D eigenvalue weighted by Gasteiger charge is -2.36. The van der Waals surface area contributed by atoms with Crippen LogP contribution in [-0.2, 0) is 31.1 Å². The number of ether oxygens (including phenoxy) is 4. The molecular formula is C54H90O4. The molecule has 4 rings (SSSR count). The predicted molar refractivity (Wildman–Crippen MR) is 249 cm³/mol. The Labute approximate surface area is 358 Å². The van der Waals surface area contributed by atoms with Crippen molar-refractivity contribution in [2.45, 2.75) is 245 Å². The second-order valence-electron chi connectivity index (χ2n) is 21.1. The van der Waals surface area contributed by atoms with Crippen molar-refractivity contribution in [2.75, 3.05) is 26.4 Å². The van der Waals surface area contributed by atoms with Gasteiger partial charge in [-0.2, -0.15) is 0 Å². The van der Waals surface area contributed by atoms with Gasteiger partial charge in [-0.05, 0) is 108 Å². The van der Waals surface area contributed by atoms with Crippen molar-refractivity contribution < 1.29 is 18.9 Å². The molecule has 2 saturated heterocycles. The maximum Gasteiger partial charge on any atom is 0.126 e. The fourth-order valence-corrected chi connectivity index (χ4v) is 9.16. The summed E-state index contributed by atoms with van der Waals surface area (Å²) >= 11 is 0. The minimum absolute atomic E-state index is 0.0345. The summed E-state index contributed by atoms with van der Waals surface area (Å²) in [6.45, 7) is 32.4. The highest BCUT2D eigenvalue weighted by Crippen LogP contribution is 2.50. The third-order valence-electron chi connectivity index (χ3n) is 13.7. The molecule has 2 aliphatic heterocycles. The van der Waals surface area contributed by atoms with Crippen LogP contribution in [0.25, 0.3) is 11.1 Å². The molecule has 4 nitrogen and oxygen atoms in total. The van der Waals surface area contributed by atoms with E-state index in [4.69, 9.17) is 18.9 Å². The molecule has 2 aromatic carbocycles.